The van der Waals surface area contributed by atoms with Crippen molar-refractivity contribution in [1.82, 2.24) is 19.1 Å². The molecule has 10 aromatic rings. The molecule has 7 aromatic carbocycles. The van der Waals surface area contributed by atoms with Crippen molar-refractivity contribution in [2.75, 3.05) is 0 Å². The van der Waals surface area contributed by atoms with Crippen molar-refractivity contribution in [3.63, 3.8) is 0 Å². The number of hydrogen-bond acceptors (Lipinski definition) is 2. The van der Waals surface area contributed by atoms with Crippen LogP contribution in [0.5, 0.6) is 0 Å². The highest BCUT2D eigenvalue weighted by Crippen LogP contribution is 2.38. The number of nitrogens with zero attached hydrogens (tertiary/aromatic N) is 4. The van der Waals surface area contributed by atoms with Crippen LogP contribution >= 0.6 is 0 Å². The lowest BCUT2D eigenvalue weighted by atomic mass is 10.0. The minimum absolute atomic E-state index is 0.648. The van der Waals surface area contributed by atoms with Crippen molar-refractivity contribution < 1.29 is 0 Å². The first-order chi connectivity index (χ1) is 25.8. The lowest BCUT2D eigenvalue weighted by Gasteiger charge is -2.12. The molecule has 3 heterocycles. The third-order valence-electron chi connectivity index (χ3n) is 9.75. The molecule has 0 atom stereocenters. The van der Waals surface area contributed by atoms with E-state index in [2.05, 4.69) is 179 Å². The molecular weight excluding hydrogens is 633 g/mol. The van der Waals surface area contributed by atoms with Crippen molar-refractivity contribution in [2.24, 2.45) is 0 Å². The largest absolute Gasteiger partial charge is 0.309 e. The Morgan fingerprint density at radius 3 is 1.42 bits per heavy atom. The molecule has 0 fully saturated rings. The quantitative estimate of drug-likeness (QED) is 0.183. The summed E-state index contributed by atoms with van der Waals surface area (Å²) >= 11 is 0. The average Bonchev–Trinajstić information content (AvgIpc) is 3.74. The number of benzene rings is 7. The zero-order valence-electron chi connectivity index (χ0n) is 29.1. The van der Waals surface area contributed by atoms with Gasteiger partial charge in [0.15, 0.2) is 0 Å². The lowest BCUT2D eigenvalue weighted by molar-refractivity contribution is 0.996. The van der Waals surface area contributed by atoms with Gasteiger partial charge in [0, 0.05) is 38.4 Å². The Balaban J connectivity index is 0.00000177. The lowest BCUT2D eigenvalue weighted by Crippen LogP contribution is -2.04. The summed E-state index contributed by atoms with van der Waals surface area (Å²) in [6.45, 7) is 4.00. The number of aromatic nitrogens is 4. The summed E-state index contributed by atoms with van der Waals surface area (Å²) in [6.07, 6.45) is 0. The van der Waals surface area contributed by atoms with E-state index in [0.29, 0.717) is 5.95 Å². The van der Waals surface area contributed by atoms with E-state index in [-0.39, 0.29) is 0 Å². The van der Waals surface area contributed by atoms with Crippen molar-refractivity contribution >= 4 is 43.6 Å². The fourth-order valence-corrected chi connectivity index (χ4v) is 7.42. The van der Waals surface area contributed by atoms with Gasteiger partial charge in [0.2, 0.25) is 5.95 Å². The van der Waals surface area contributed by atoms with Crippen LogP contribution in [-0.2, 0) is 0 Å². The molecule has 0 radical (unpaired) electrons. The van der Waals surface area contributed by atoms with Crippen LogP contribution in [0.3, 0.4) is 0 Å². The van der Waals surface area contributed by atoms with Crippen molar-refractivity contribution in [3.8, 4) is 45.3 Å². The standard InChI is InChI=1S/C46H30N4.C2H6/c1-4-14-31(15-5-1)40-30-41(32-16-6-2-7-17-32)48-46(47-40)50-43-23-13-10-20-36(43)38-26-24-34(29-45(38)50)33-25-27-44-39(28-33)37-21-11-12-22-42(37)49(44)35-18-8-3-9-19-35;1-2/h1-30H;1-2H3. The molecule has 52 heavy (non-hydrogen) atoms. The molecule has 4 heteroatoms. The van der Waals surface area contributed by atoms with E-state index in [1.165, 1.54) is 32.6 Å². The van der Waals surface area contributed by atoms with Gasteiger partial charge in [-0.1, -0.05) is 147 Å². The summed E-state index contributed by atoms with van der Waals surface area (Å²) in [5.41, 5.74) is 11.9. The van der Waals surface area contributed by atoms with E-state index in [0.717, 1.165) is 50.4 Å². The van der Waals surface area contributed by atoms with Crippen LogP contribution in [0.15, 0.2) is 182 Å². The van der Waals surface area contributed by atoms with Crippen molar-refractivity contribution in [2.45, 2.75) is 13.8 Å². The molecule has 0 N–H and O–H groups in total. The van der Waals surface area contributed by atoms with Crippen LogP contribution in [0, 0.1) is 0 Å². The maximum Gasteiger partial charge on any atom is 0.235 e. The Hall–Kier alpha value is -6.78. The third-order valence-corrected chi connectivity index (χ3v) is 9.75. The Bertz CT molecular complexity index is 2790. The second-order valence-electron chi connectivity index (χ2n) is 12.7. The SMILES string of the molecule is CC.c1ccc(-c2cc(-c3ccccc3)nc(-n3c4ccccc4c4ccc(-c5ccc6c(c5)c5ccccc5n6-c5ccccc5)cc43)n2)cc1. The normalized spacial score (nSPS) is 11.3. The first-order valence-electron chi connectivity index (χ1n) is 17.9. The highest BCUT2D eigenvalue weighted by Gasteiger charge is 2.18. The van der Waals surface area contributed by atoms with E-state index in [9.17, 15) is 0 Å². The first-order valence-corrected chi connectivity index (χ1v) is 17.9. The Labute approximate surface area is 302 Å². The monoisotopic (exact) mass is 668 g/mol. The van der Waals surface area contributed by atoms with Crippen LogP contribution in [0.4, 0.5) is 0 Å². The van der Waals surface area contributed by atoms with Crippen LogP contribution in [0.25, 0.3) is 88.9 Å². The fourth-order valence-electron chi connectivity index (χ4n) is 7.42. The molecule has 0 aliphatic rings. The van der Waals surface area contributed by atoms with E-state index >= 15 is 0 Å². The van der Waals surface area contributed by atoms with Gasteiger partial charge in [-0.25, -0.2) is 9.97 Å². The molecular formula is C48H36N4. The molecule has 0 saturated heterocycles. The predicted octanol–water partition coefficient (Wildman–Crippen LogP) is 12.7. The van der Waals surface area contributed by atoms with Crippen LogP contribution < -0.4 is 0 Å². The van der Waals surface area contributed by atoms with Crippen molar-refractivity contribution in [3.05, 3.63) is 182 Å². The van der Waals surface area contributed by atoms with Gasteiger partial charge in [-0.15, -0.1) is 0 Å². The van der Waals surface area contributed by atoms with E-state index in [1.54, 1.807) is 0 Å². The fraction of sp³-hybridized carbons (Fsp3) is 0.0417. The number of para-hydroxylation sites is 3. The number of hydrogen-bond donors (Lipinski definition) is 0. The summed E-state index contributed by atoms with van der Waals surface area (Å²) in [5.74, 6) is 0.648. The molecule has 0 saturated carbocycles. The van der Waals surface area contributed by atoms with Gasteiger partial charge in [0.05, 0.1) is 33.5 Å². The minimum Gasteiger partial charge on any atom is -0.309 e. The Morgan fingerprint density at radius 2 is 0.788 bits per heavy atom. The van der Waals surface area contributed by atoms with E-state index in [4.69, 9.17) is 9.97 Å². The van der Waals surface area contributed by atoms with Crippen molar-refractivity contribution in [1.29, 1.82) is 0 Å². The number of fused-ring (bicyclic) bond motifs is 6. The zero-order chi connectivity index (χ0) is 35.0. The molecule has 0 unspecified atom stereocenters. The summed E-state index contributed by atoms with van der Waals surface area (Å²) in [5, 5.41) is 4.81. The van der Waals surface area contributed by atoms with Gasteiger partial charge < -0.3 is 4.57 Å². The smallest absolute Gasteiger partial charge is 0.235 e. The molecule has 0 spiro atoms. The summed E-state index contributed by atoms with van der Waals surface area (Å²) in [4.78, 5) is 10.5. The predicted molar refractivity (Wildman–Crippen MR) is 218 cm³/mol. The molecule has 0 aliphatic heterocycles. The maximum absolute atomic E-state index is 5.23. The van der Waals surface area contributed by atoms with Gasteiger partial charge in [-0.2, -0.15) is 0 Å². The van der Waals surface area contributed by atoms with Gasteiger partial charge in [-0.05, 0) is 59.7 Å². The second kappa shape index (κ2) is 13.2. The topological polar surface area (TPSA) is 35.6 Å². The molecule has 4 nitrogen and oxygen atoms in total. The Kier molecular flexibility index (Phi) is 7.90. The first kappa shape index (κ1) is 31.2. The molecule has 3 aromatic heterocycles. The van der Waals surface area contributed by atoms with Gasteiger partial charge in [0.1, 0.15) is 0 Å². The average molecular weight is 669 g/mol. The van der Waals surface area contributed by atoms with Gasteiger partial charge in [-0.3, -0.25) is 4.57 Å². The van der Waals surface area contributed by atoms with Crippen LogP contribution in [0.1, 0.15) is 13.8 Å². The second-order valence-corrected chi connectivity index (χ2v) is 12.7. The van der Waals surface area contributed by atoms with Gasteiger partial charge >= 0.3 is 0 Å². The van der Waals surface area contributed by atoms with Gasteiger partial charge in [0.25, 0.3) is 0 Å². The summed E-state index contributed by atoms with van der Waals surface area (Å²) in [6, 6.07) is 64.3. The molecule has 0 aliphatic carbocycles. The Morgan fingerprint density at radius 1 is 0.327 bits per heavy atom. The zero-order valence-corrected chi connectivity index (χ0v) is 29.1. The van der Waals surface area contributed by atoms with E-state index < -0.39 is 0 Å². The molecule has 0 bridgehead atoms. The summed E-state index contributed by atoms with van der Waals surface area (Å²) in [7, 11) is 0. The van der Waals surface area contributed by atoms with E-state index in [1.807, 2.05) is 26.0 Å². The molecule has 10 rings (SSSR count). The van der Waals surface area contributed by atoms with Crippen LogP contribution in [-0.4, -0.2) is 19.1 Å². The highest BCUT2D eigenvalue weighted by atomic mass is 15.2. The molecule has 248 valence electrons. The summed E-state index contributed by atoms with van der Waals surface area (Å²) < 4.78 is 4.59. The third kappa shape index (κ3) is 5.24. The highest BCUT2D eigenvalue weighted by molar-refractivity contribution is 6.12. The van der Waals surface area contributed by atoms with Crippen LogP contribution in [0.2, 0.25) is 0 Å². The number of rotatable bonds is 5. The maximum atomic E-state index is 5.23. The molecule has 0 amide bonds. The minimum atomic E-state index is 0.648.